The van der Waals surface area contributed by atoms with Crippen LogP contribution >= 0.6 is 0 Å². The third kappa shape index (κ3) is 3.90. The molecule has 2 heterocycles. The lowest BCUT2D eigenvalue weighted by atomic mass is 10.0. The van der Waals surface area contributed by atoms with Gasteiger partial charge in [-0.2, -0.15) is 0 Å². The van der Waals surface area contributed by atoms with E-state index in [1.54, 1.807) is 12.1 Å². The van der Waals surface area contributed by atoms with Crippen molar-refractivity contribution in [2.45, 2.75) is 18.9 Å². The Morgan fingerprint density at radius 1 is 1.13 bits per heavy atom. The van der Waals surface area contributed by atoms with Crippen molar-refractivity contribution in [2.75, 3.05) is 37.7 Å². The lowest BCUT2D eigenvalue weighted by Gasteiger charge is -2.30. The van der Waals surface area contributed by atoms with Crippen LogP contribution in [-0.2, 0) is 14.6 Å². The molecule has 7 heteroatoms. The van der Waals surface area contributed by atoms with Crippen molar-refractivity contribution < 1.29 is 17.6 Å². The predicted molar refractivity (Wildman–Crippen MR) is 85.2 cm³/mol. The van der Waals surface area contributed by atoms with E-state index in [9.17, 15) is 17.6 Å². The topological polar surface area (TPSA) is 57.7 Å². The summed E-state index contributed by atoms with van der Waals surface area (Å²) >= 11 is 0. The highest BCUT2D eigenvalue weighted by Crippen LogP contribution is 2.32. The Balaban J connectivity index is 1.63. The lowest BCUT2D eigenvalue weighted by Crippen LogP contribution is -2.46. The van der Waals surface area contributed by atoms with Gasteiger partial charge in [0.15, 0.2) is 9.84 Å². The van der Waals surface area contributed by atoms with Crippen molar-refractivity contribution in [1.82, 2.24) is 9.80 Å². The van der Waals surface area contributed by atoms with Crippen LogP contribution in [0.4, 0.5) is 4.39 Å². The molecule has 0 N–H and O–H groups in total. The average molecular weight is 340 g/mol. The van der Waals surface area contributed by atoms with Crippen LogP contribution in [0.1, 0.15) is 24.4 Å². The number of rotatable bonds is 3. The Hall–Kier alpha value is -1.47. The van der Waals surface area contributed by atoms with Crippen molar-refractivity contribution in [3.63, 3.8) is 0 Å². The van der Waals surface area contributed by atoms with Gasteiger partial charge in [0.1, 0.15) is 5.82 Å². The van der Waals surface area contributed by atoms with Gasteiger partial charge in [-0.1, -0.05) is 12.1 Å². The van der Waals surface area contributed by atoms with Crippen LogP contribution in [0.15, 0.2) is 24.3 Å². The Bertz CT molecular complexity index is 661. The van der Waals surface area contributed by atoms with Crippen LogP contribution < -0.4 is 0 Å². The summed E-state index contributed by atoms with van der Waals surface area (Å²) < 4.78 is 36.0. The van der Waals surface area contributed by atoms with Crippen molar-refractivity contribution in [2.24, 2.45) is 0 Å². The SMILES string of the molecule is O=C(CN1CCS(=O)(=O)CC1)N1CCC[C@H]1c1ccc(F)cc1. The maximum Gasteiger partial charge on any atom is 0.237 e. The van der Waals surface area contributed by atoms with E-state index >= 15 is 0 Å². The molecule has 5 nitrogen and oxygen atoms in total. The molecule has 0 saturated carbocycles. The molecule has 0 radical (unpaired) electrons. The Morgan fingerprint density at radius 2 is 1.78 bits per heavy atom. The number of benzene rings is 1. The van der Waals surface area contributed by atoms with Crippen molar-refractivity contribution in [1.29, 1.82) is 0 Å². The first-order valence-corrected chi connectivity index (χ1v) is 9.74. The van der Waals surface area contributed by atoms with Crippen LogP contribution in [-0.4, -0.2) is 61.8 Å². The number of sulfone groups is 1. The molecule has 1 amide bonds. The summed E-state index contributed by atoms with van der Waals surface area (Å²) in [5.74, 6) is -0.00106. The van der Waals surface area contributed by atoms with Gasteiger partial charge >= 0.3 is 0 Å². The number of likely N-dealkylation sites (tertiary alicyclic amines) is 1. The number of nitrogens with zero attached hydrogens (tertiary/aromatic N) is 2. The predicted octanol–water partition coefficient (Wildman–Crippen LogP) is 1.22. The highest BCUT2D eigenvalue weighted by atomic mass is 32.2. The van der Waals surface area contributed by atoms with Gasteiger partial charge in [0.2, 0.25) is 5.91 Å². The fourth-order valence-electron chi connectivity index (χ4n) is 3.29. The number of amides is 1. The smallest absolute Gasteiger partial charge is 0.237 e. The lowest BCUT2D eigenvalue weighted by molar-refractivity contribution is -0.133. The van der Waals surface area contributed by atoms with Crippen LogP contribution in [0.25, 0.3) is 0 Å². The Morgan fingerprint density at radius 3 is 2.43 bits per heavy atom. The van der Waals surface area contributed by atoms with Gasteiger partial charge in [0.05, 0.1) is 24.1 Å². The molecule has 0 aromatic heterocycles. The second-order valence-electron chi connectivity index (χ2n) is 6.22. The fourth-order valence-corrected chi connectivity index (χ4v) is 4.56. The number of carbonyl (C=O) groups is 1. The van der Waals surface area contributed by atoms with E-state index in [0.717, 1.165) is 18.4 Å². The van der Waals surface area contributed by atoms with E-state index in [1.807, 2.05) is 9.80 Å². The van der Waals surface area contributed by atoms with Gasteiger partial charge in [-0.15, -0.1) is 0 Å². The van der Waals surface area contributed by atoms with E-state index in [0.29, 0.717) is 19.6 Å². The second kappa shape index (κ2) is 6.57. The zero-order valence-corrected chi connectivity index (χ0v) is 13.8. The minimum atomic E-state index is -2.93. The Labute approximate surface area is 136 Å². The van der Waals surface area contributed by atoms with E-state index < -0.39 is 9.84 Å². The number of hydrogen-bond donors (Lipinski definition) is 0. The van der Waals surface area contributed by atoms with Gasteiger partial charge in [0.25, 0.3) is 0 Å². The van der Waals surface area contributed by atoms with E-state index in [-0.39, 0.29) is 35.8 Å². The molecule has 126 valence electrons. The summed E-state index contributed by atoms with van der Waals surface area (Å²) in [6.45, 7) is 1.80. The maximum absolute atomic E-state index is 13.1. The largest absolute Gasteiger partial charge is 0.335 e. The van der Waals surface area contributed by atoms with Crippen molar-refractivity contribution >= 4 is 15.7 Å². The zero-order chi connectivity index (χ0) is 16.4. The van der Waals surface area contributed by atoms with Crippen LogP contribution in [0, 0.1) is 5.82 Å². The molecule has 2 aliphatic heterocycles. The summed E-state index contributed by atoms with van der Waals surface area (Å²) in [5, 5.41) is 0. The molecular weight excluding hydrogens is 319 g/mol. The monoisotopic (exact) mass is 340 g/mol. The first-order chi connectivity index (χ1) is 10.9. The first-order valence-electron chi connectivity index (χ1n) is 7.92. The van der Waals surface area contributed by atoms with Gasteiger partial charge in [-0.3, -0.25) is 9.69 Å². The van der Waals surface area contributed by atoms with Crippen LogP contribution in [0.3, 0.4) is 0 Å². The van der Waals surface area contributed by atoms with Gasteiger partial charge in [0, 0.05) is 19.6 Å². The van der Waals surface area contributed by atoms with Crippen LogP contribution in [0.5, 0.6) is 0 Å². The number of carbonyl (C=O) groups excluding carboxylic acids is 1. The molecule has 1 atom stereocenters. The number of halogens is 1. The van der Waals surface area contributed by atoms with Gasteiger partial charge in [-0.25, -0.2) is 12.8 Å². The zero-order valence-electron chi connectivity index (χ0n) is 12.9. The molecule has 1 aromatic carbocycles. The molecule has 2 aliphatic rings. The van der Waals surface area contributed by atoms with Gasteiger partial charge in [-0.05, 0) is 30.5 Å². The first kappa shape index (κ1) is 16.4. The van der Waals surface area contributed by atoms with Crippen molar-refractivity contribution in [3.05, 3.63) is 35.6 Å². The van der Waals surface area contributed by atoms with Gasteiger partial charge < -0.3 is 4.90 Å². The minimum Gasteiger partial charge on any atom is -0.335 e. The van der Waals surface area contributed by atoms with E-state index in [4.69, 9.17) is 0 Å². The molecule has 3 rings (SSSR count). The molecular formula is C16H21FN2O3S. The molecule has 1 aromatic rings. The molecule has 23 heavy (non-hydrogen) atoms. The second-order valence-corrected chi connectivity index (χ2v) is 8.53. The third-order valence-electron chi connectivity index (χ3n) is 4.62. The highest BCUT2D eigenvalue weighted by molar-refractivity contribution is 7.91. The summed E-state index contributed by atoms with van der Waals surface area (Å²) in [5.41, 5.74) is 0.957. The summed E-state index contributed by atoms with van der Waals surface area (Å²) in [7, 11) is -2.93. The summed E-state index contributed by atoms with van der Waals surface area (Å²) in [6.07, 6.45) is 1.81. The number of hydrogen-bond acceptors (Lipinski definition) is 4. The quantitative estimate of drug-likeness (QED) is 0.830. The standard InChI is InChI=1S/C16H21FN2O3S/c17-14-5-3-13(4-6-14)15-2-1-7-19(15)16(20)12-18-8-10-23(21,22)11-9-18/h3-6,15H,1-2,7-12H2/t15-/m0/s1. The molecule has 2 fully saturated rings. The highest BCUT2D eigenvalue weighted by Gasteiger charge is 2.31. The normalized spacial score (nSPS) is 24.7. The third-order valence-corrected chi connectivity index (χ3v) is 6.23. The van der Waals surface area contributed by atoms with E-state index in [1.165, 1.54) is 12.1 Å². The average Bonchev–Trinajstić information content (AvgIpc) is 3.00. The molecule has 0 unspecified atom stereocenters. The summed E-state index contributed by atoms with van der Waals surface area (Å²) in [6, 6.07) is 6.31. The molecule has 0 bridgehead atoms. The maximum atomic E-state index is 13.1. The fraction of sp³-hybridized carbons (Fsp3) is 0.562. The molecule has 0 aliphatic carbocycles. The van der Waals surface area contributed by atoms with Crippen molar-refractivity contribution in [3.8, 4) is 0 Å². The summed E-state index contributed by atoms with van der Waals surface area (Å²) in [4.78, 5) is 16.3. The Kier molecular flexibility index (Phi) is 4.68. The van der Waals surface area contributed by atoms with E-state index in [2.05, 4.69) is 0 Å². The van der Waals surface area contributed by atoms with Crippen LogP contribution in [0.2, 0.25) is 0 Å². The molecule has 0 spiro atoms. The molecule has 2 saturated heterocycles. The minimum absolute atomic E-state index is 0.00313.